The lowest BCUT2D eigenvalue weighted by atomic mass is 10.1. The number of aromatic nitrogens is 1. The highest BCUT2D eigenvalue weighted by molar-refractivity contribution is 5.78. The van der Waals surface area contributed by atoms with E-state index in [1.165, 1.54) is 7.11 Å². The van der Waals surface area contributed by atoms with Crippen molar-refractivity contribution < 1.29 is 19.2 Å². The monoisotopic (exact) mass is 256 g/mol. The Bertz CT molecular complexity index is 370. The van der Waals surface area contributed by atoms with Crippen LogP contribution in [0.15, 0.2) is 4.52 Å². The number of amides is 1. The predicted molar refractivity (Wildman–Crippen MR) is 65.2 cm³/mol. The Balaban J connectivity index is 2.30. The molecule has 1 atom stereocenters. The van der Waals surface area contributed by atoms with Crippen LogP contribution in [0.4, 0.5) is 0 Å². The maximum atomic E-state index is 11.7. The van der Waals surface area contributed by atoms with Gasteiger partial charge in [-0.15, -0.1) is 0 Å². The fourth-order valence-corrected chi connectivity index (χ4v) is 1.63. The van der Waals surface area contributed by atoms with Gasteiger partial charge < -0.3 is 19.7 Å². The standard InChI is InChI=1S/C12H20N2O4/c1-8-11(9(2)18-14-8)6-12(16)13-5-4-10(15)7-17-3/h10,15H,4-7H2,1-3H3,(H,13,16). The molecule has 6 heteroatoms. The molecule has 18 heavy (non-hydrogen) atoms. The quantitative estimate of drug-likeness (QED) is 0.735. The summed E-state index contributed by atoms with van der Waals surface area (Å²) in [4.78, 5) is 11.7. The third-order valence-corrected chi connectivity index (χ3v) is 2.68. The number of aryl methyl sites for hydroxylation is 2. The van der Waals surface area contributed by atoms with Crippen LogP contribution in [0.5, 0.6) is 0 Å². The molecule has 0 radical (unpaired) electrons. The Kier molecular flexibility index (Phi) is 5.80. The van der Waals surface area contributed by atoms with Gasteiger partial charge in [0, 0.05) is 19.2 Å². The molecular weight excluding hydrogens is 236 g/mol. The normalized spacial score (nSPS) is 12.4. The molecule has 102 valence electrons. The molecule has 1 aromatic heterocycles. The van der Waals surface area contributed by atoms with Crippen molar-refractivity contribution >= 4 is 5.91 Å². The average molecular weight is 256 g/mol. The van der Waals surface area contributed by atoms with Gasteiger partial charge in [0.05, 0.1) is 24.8 Å². The third kappa shape index (κ3) is 4.46. The molecular formula is C12H20N2O4. The Labute approximate surface area is 106 Å². The molecule has 6 nitrogen and oxygen atoms in total. The minimum atomic E-state index is -0.547. The number of aliphatic hydroxyl groups is 1. The van der Waals surface area contributed by atoms with E-state index in [1.54, 1.807) is 13.8 Å². The number of carbonyl (C=O) groups excluding carboxylic acids is 1. The summed E-state index contributed by atoms with van der Waals surface area (Å²) in [5, 5.41) is 15.9. The summed E-state index contributed by atoms with van der Waals surface area (Å²) >= 11 is 0. The minimum absolute atomic E-state index is 0.103. The predicted octanol–water partition coefficient (Wildman–Crippen LogP) is 0.348. The van der Waals surface area contributed by atoms with E-state index in [0.29, 0.717) is 18.7 Å². The van der Waals surface area contributed by atoms with E-state index in [0.717, 1.165) is 11.3 Å². The average Bonchev–Trinajstić information content (AvgIpc) is 2.61. The SMILES string of the molecule is COCC(O)CCNC(=O)Cc1c(C)noc1C. The summed E-state index contributed by atoms with van der Waals surface area (Å²) in [7, 11) is 1.53. The summed E-state index contributed by atoms with van der Waals surface area (Å²) in [5.41, 5.74) is 1.56. The van der Waals surface area contributed by atoms with Crippen molar-refractivity contribution in [1.82, 2.24) is 10.5 Å². The fraction of sp³-hybridized carbons (Fsp3) is 0.667. The van der Waals surface area contributed by atoms with Crippen molar-refractivity contribution in [2.75, 3.05) is 20.3 Å². The van der Waals surface area contributed by atoms with Crippen LogP contribution < -0.4 is 5.32 Å². The lowest BCUT2D eigenvalue weighted by Crippen LogP contribution is -2.29. The van der Waals surface area contributed by atoms with E-state index in [4.69, 9.17) is 9.26 Å². The number of ether oxygens (including phenoxy) is 1. The second-order valence-electron chi connectivity index (χ2n) is 4.23. The second kappa shape index (κ2) is 7.13. The lowest BCUT2D eigenvalue weighted by molar-refractivity contribution is -0.120. The zero-order chi connectivity index (χ0) is 13.5. The molecule has 0 fully saturated rings. The molecule has 1 heterocycles. The molecule has 0 bridgehead atoms. The van der Waals surface area contributed by atoms with Crippen LogP contribution in [0.3, 0.4) is 0 Å². The zero-order valence-corrected chi connectivity index (χ0v) is 11.0. The van der Waals surface area contributed by atoms with Crippen molar-refractivity contribution in [3.8, 4) is 0 Å². The molecule has 0 aliphatic carbocycles. The van der Waals surface area contributed by atoms with Crippen LogP contribution >= 0.6 is 0 Å². The first kappa shape index (κ1) is 14.7. The van der Waals surface area contributed by atoms with Gasteiger partial charge in [-0.2, -0.15) is 0 Å². The van der Waals surface area contributed by atoms with Crippen molar-refractivity contribution in [2.45, 2.75) is 32.8 Å². The summed E-state index contributed by atoms with van der Waals surface area (Å²) in [5.74, 6) is 0.566. The fourth-order valence-electron chi connectivity index (χ4n) is 1.63. The van der Waals surface area contributed by atoms with Crippen molar-refractivity contribution in [3.05, 3.63) is 17.0 Å². The van der Waals surface area contributed by atoms with E-state index in [2.05, 4.69) is 10.5 Å². The Morgan fingerprint density at radius 1 is 1.56 bits per heavy atom. The van der Waals surface area contributed by atoms with Gasteiger partial charge >= 0.3 is 0 Å². The summed E-state index contributed by atoms with van der Waals surface area (Å²) < 4.78 is 9.78. The maximum absolute atomic E-state index is 11.7. The molecule has 0 saturated carbocycles. The first-order valence-corrected chi connectivity index (χ1v) is 5.90. The number of aliphatic hydroxyl groups excluding tert-OH is 1. The number of hydrogen-bond acceptors (Lipinski definition) is 5. The van der Waals surface area contributed by atoms with Gasteiger partial charge in [-0.3, -0.25) is 4.79 Å². The van der Waals surface area contributed by atoms with Gasteiger partial charge in [0.25, 0.3) is 0 Å². The van der Waals surface area contributed by atoms with E-state index in [1.807, 2.05) is 0 Å². The lowest BCUT2D eigenvalue weighted by Gasteiger charge is -2.10. The number of carbonyl (C=O) groups is 1. The Morgan fingerprint density at radius 2 is 2.28 bits per heavy atom. The molecule has 0 saturated heterocycles. The van der Waals surface area contributed by atoms with Gasteiger partial charge in [-0.05, 0) is 20.3 Å². The van der Waals surface area contributed by atoms with Crippen LogP contribution in [0, 0.1) is 13.8 Å². The zero-order valence-electron chi connectivity index (χ0n) is 11.0. The Morgan fingerprint density at radius 3 is 2.83 bits per heavy atom. The van der Waals surface area contributed by atoms with E-state index in [-0.39, 0.29) is 18.9 Å². The first-order chi connectivity index (χ1) is 8.54. The van der Waals surface area contributed by atoms with Gasteiger partial charge in [0.2, 0.25) is 5.91 Å². The first-order valence-electron chi connectivity index (χ1n) is 5.90. The Hall–Kier alpha value is -1.40. The van der Waals surface area contributed by atoms with Crippen LogP contribution in [0.25, 0.3) is 0 Å². The van der Waals surface area contributed by atoms with Crippen LogP contribution in [0.2, 0.25) is 0 Å². The largest absolute Gasteiger partial charge is 0.391 e. The molecule has 0 aromatic carbocycles. The summed E-state index contributed by atoms with van der Waals surface area (Å²) in [6.07, 6.45) is 0.178. The van der Waals surface area contributed by atoms with Crippen molar-refractivity contribution in [3.63, 3.8) is 0 Å². The smallest absolute Gasteiger partial charge is 0.224 e. The van der Waals surface area contributed by atoms with Crippen molar-refractivity contribution in [1.29, 1.82) is 0 Å². The highest BCUT2D eigenvalue weighted by atomic mass is 16.5. The van der Waals surface area contributed by atoms with E-state index < -0.39 is 6.10 Å². The van der Waals surface area contributed by atoms with Gasteiger partial charge in [-0.25, -0.2) is 0 Å². The molecule has 0 aliphatic rings. The summed E-state index contributed by atoms with van der Waals surface area (Å²) in [6.45, 7) is 4.29. The van der Waals surface area contributed by atoms with Crippen LogP contribution in [-0.4, -0.2) is 42.5 Å². The number of nitrogens with one attached hydrogen (secondary N) is 1. The topological polar surface area (TPSA) is 84.6 Å². The van der Waals surface area contributed by atoms with Gasteiger partial charge in [-0.1, -0.05) is 5.16 Å². The van der Waals surface area contributed by atoms with Crippen molar-refractivity contribution in [2.24, 2.45) is 0 Å². The molecule has 1 unspecified atom stereocenters. The number of hydrogen-bond donors (Lipinski definition) is 2. The molecule has 2 N–H and O–H groups in total. The highest BCUT2D eigenvalue weighted by Gasteiger charge is 2.13. The summed E-state index contributed by atoms with van der Waals surface area (Å²) in [6, 6.07) is 0. The van der Waals surface area contributed by atoms with Crippen LogP contribution in [0.1, 0.15) is 23.4 Å². The van der Waals surface area contributed by atoms with Crippen LogP contribution in [-0.2, 0) is 16.0 Å². The molecule has 0 aliphatic heterocycles. The second-order valence-corrected chi connectivity index (χ2v) is 4.23. The molecule has 1 aromatic rings. The third-order valence-electron chi connectivity index (χ3n) is 2.68. The number of rotatable bonds is 7. The van der Waals surface area contributed by atoms with E-state index in [9.17, 15) is 9.90 Å². The minimum Gasteiger partial charge on any atom is -0.391 e. The number of methoxy groups -OCH3 is 1. The molecule has 0 spiro atoms. The molecule has 1 rings (SSSR count). The maximum Gasteiger partial charge on any atom is 0.224 e. The van der Waals surface area contributed by atoms with Gasteiger partial charge in [0.1, 0.15) is 5.76 Å². The van der Waals surface area contributed by atoms with Gasteiger partial charge in [0.15, 0.2) is 0 Å². The number of nitrogens with zero attached hydrogens (tertiary/aromatic N) is 1. The highest BCUT2D eigenvalue weighted by Crippen LogP contribution is 2.12. The molecule has 1 amide bonds. The van der Waals surface area contributed by atoms with E-state index >= 15 is 0 Å².